The maximum atomic E-state index is 14.4. The number of rotatable bonds is 8. The minimum atomic E-state index is -0.435. The standard InChI is InChI=1S/C26H24F2N2O3S.BrH/c1-31-23-11-5-18(15-21(23)28)22-16-34-26(29-20-8-6-19(27)7-9-20)30(22)13-12-17-4-10-24(32-2)25(14-17)33-3;/h4-11,14-16H,12-13H2,1-3H3;1H. The summed E-state index contributed by atoms with van der Waals surface area (Å²) >= 11 is 1.44. The van der Waals surface area contributed by atoms with Gasteiger partial charge in [0.2, 0.25) is 0 Å². The zero-order valence-corrected chi connectivity index (χ0v) is 22.0. The molecule has 0 aliphatic carbocycles. The van der Waals surface area contributed by atoms with Gasteiger partial charge in [0.05, 0.1) is 32.7 Å². The quantitative estimate of drug-likeness (QED) is 0.244. The monoisotopic (exact) mass is 562 g/mol. The molecule has 0 atom stereocenters. The zero-order chi connectivity index (χ0) is 24.1. The van der Waals surface area contributed by atoms with Crippen molar-refractivity contribution in [3.8, 4) is 28.5 Å². The van der Waals surface area contributed by atoms with Crippen LogP contribution in [0.15, 0.2) is 71.0 Å². The third kappa shape index (κ3) is 6.10. The van der Waals surface area contributed by atoms with E-state index < -0.39 is 5.82 Å². The summed E-state index contributed by atoms with van der Waals surface area (Å²) < 4.78 is 45.6. The maximum absolute atomic E-state index is 14.4. The summed E-state index contributed by atoms with van der Waals surface area (Å²) in [6, 6.07) is 16.7. The van der Waals surface area contributed by atoms with Gasteiger partial charge in [-0.25, -0.2) is 13.8 Å². The summed E-state index contributed by atoms with van der Waals surface area (Å²) in [6.07, 6.45) is 0.680. The van der Waals surface area contributed by atoms with Crippen LogP contribution >= 0.6 is 28.3 Å². The van der Waals surface area contributed by atoms with Gasteiger partial charge in [-0.3, -0.25) is 0 Å². The van der Waals surface area contributed by atoms with Crippen LogP contribution in [-0.4, -0.2) is 25.9 Å². The first-order valence-electron chi connectivity index (χ1n) is 10.6. The molecule has 0 saturated heterocycles. The van der Waals surface area contributed by atoms with Crippen LogP contribution in [0.25, 0.3) is 11.3 Å². The molecule has 0 spiro atoms. The first-order chi connectivity index (χ1) is 16.5. The molecule has 0 fully saturated rings. The minimum absolute atomic E-state index is 0. The predicted molar refractivity (Wildman–Crippen MR) is 139 cm³/mol. The van der Waals surface area contributed by atoms with E-state index in [4.69, 9.17) is 19.2 Å². The second-order valence-electron chi connectivity index (χ2n) is 7.43. The molecule has 0 aliphatic rings. The Morgan fingerprint density at radius 2 is 1.51 bits per heavy atom. The first kappa shape index (κ1) is 26.4. The van der Waals surface area contributed by atoms with Gasteiger partial charge in [-0.2, -0.15) is 0 Å². The Kier molecular flexibility index (Phi) is 9.06. The summed E-state index contributed by atoms with van der Waals surface area (Å²) in [5.74, 6) is 0.752. The fraction of sp³-hybridized carbons (Fsp3) is 0.192. The normalized spacial score (nSPS) is 11.2. The van der Waals surface area contributed by atoms with Gasteiger partial charge in [0.25, 0.3) is 0 Å². The first-order valence-corrected chi connectivity index (χ1v) is 11.4. The molecule has 0 radical (unpaired) electrons. The van der Waals surface area contributed by atoms with Crippen molar-refractivity contribution in [1.29, 1.82) is 0 Å². The van der Waals surface area contributed by atoms with Crippen LogP contribution in [0.2, 0.25) is 0 Å². The van der Waals surface area contributed by atoms with E-state index in [9.17, 15) is 8.78 Å². The van der Waals surface area contributed by atoms with Crippen LogP contribution in [0.3, 0.4) is 0 Å². The average molecular weight is 563 g/mol. The van der Waals surface area contributed by atoms with Crippen molar-refractivity contribution >= 4 is 34.0 Å². The van der Waals surface area contributed by atoms with Crippen LogP contribution in [0.5, 0.6) is 17.2 Å². The highest BCUT2D eigenvalue weighted by atomic mass is 79.9. The van der Waals surface area contributed by atoms with Gasteiger partial charge >= 0.3 is 0 Å². The number of hydrogen-bond acceptors (Lipinski definition) is 5. The van der Waals surface area contributed by atoms with Crippen molar-refractivity contribution in [2.24, 2.45) is 4.99 Å². The summed E-state index contributed by atoms with van der Waals surface area (Å²) in [6.45, 7) is 0.585. The Balaban J connectivity index is 0.00000342. The lowest BCUT2D eigenvalue weighted by molar-refractivity contribution is 0.354. The van der Waals surface area contributed by atoms with E-state index in [-0.39, 0.29) is 28.5 Å². The zero-order valence-electron chi connectivity index (χ0n) is 19.5. The van der Waals surface area contributed by atoms with E-state index in [0.717, 1.165) is 16.1 Å². The van der Waals surface area contributed by atoms with Crippen molar-refractivity contribution in [2.45, 2.75) is 13.0 Å². The number of methoxy groups -OCH3 is 3. The van der Waals surface area contributed by atoms with E-state index >= 15 is 0 Å². The third-order valence-corrected chi connectivity index (χ3v) is 6.23. The molecule has 4 aromatic rings. The van der Waals surface area contributed by atoms with Crippen LogP contribution in [0.4, 0.5) is 14.5 Å². The minimum Gasteiger partial charge on any atom is -0.494 e. The van der Waals surface area contributed by atoms with Crippen LogP contribution in [-0.2, 0) is 13.0 Å². The highest BCUT2D eigenvalue weighted by Gasteiger charge is 2.13. The number of halogens is 3. The van der Waals surface area contributed by atoms with Gasteiger partial charge in [-0.05, 0) is 66.6 Å². The van der Waals surface area contributed by atoms with Gasteiger partial charge in [-0.1, -0.05) is 6.07 Å². The van der Waals surface area contributed by atoms with Crippen LogP contribution < -0.4 is 19.0 Å². The van der Waals surface area contributed by atoms with Gasteiger partial charge in [0.1, 0.15) is 5.82 Å². The highest BCUT2D eigenvalue weighted by molar-refractivity contribution is 8.93. The smallest absolute Gasteiger partial charge is 0.190 e. The summed E-state index contributed by atoms with van der Waals surface area (Å²) in [7, 11) is 4.64. The van der Waals surface area contributed by atoms with E-state index in [2.05, 4.69) is 0 Å². The molecule has 0 saturated carbocycles. The molecule has 0 N–H and O–H groups in total. The van der Waals surface area contributed by atoms with Crippen LogP contribution in [0, 0.1) is 11.6 Å². The van der Waals surface area contributed by atoms with Gasteiger partial charge < -0.3 is 18.8 Å². The molecular weight excluding hydrogens is 538 g/mol. The Labute approximate surface area is 217 Å². The van der Waals surface area contributed by atoms with E-state index in [0.29, 0.717) is 35.7 Å². The topological polar surface area (TPSA) is 45.0 Å². The highest BCUT2D eigenvalue weighted by Crippen LogP contribution is 2.29. The third-order valence-electron chi connectivity index (χ3n) is 5.37. The Bertz CT molecular complexity index is 1350. The molecule has 0 aliphatic heterocycles. The summed E-state index contributed by atoms with van der Waals surface area (Å²) in [5.41, 5.74) is 3.22. The van der Waals surface area contributed by atoms with Crippen LogP contribution in [0.1, 0.15) is 5.56 Å². The van der Waals surface area contributed by atoms with Gasteiger partial charge in [0, 0.05) is 17.5 Å². The molecule has 184 valence electrons. The van der Waals surface area contributed by atoms with Crippen molar-refractivity contribution in [3.63, 3.8) is 0 Å². The molecule has 4 rings (SSSR count). The number of aryl methyl sites for hydroxylation is 1. The predicted octanol–water partition coefficient (Wildman–Crippen LogP) is 6.57. The van der Waals surface area contributed by atoms with E-state index in [1.165, 1.54) is 36.6 Å². The lowest BCUT2D eigenvalue weighted by atomic mass is 10.1. The maximum Gasteiger partial charge on any atom is 0.190 e. The summed E-state index contributed by atoms with van der Waals surface area (Å²) in [5, 5.41) is 1.94. The number of hydrogen-bond donors (Lipinski definition) is 0. The molecule has 0 unspecified atom stereocenters. The molecule has 5 nitrogen and oxygen atoms in total. The molecule has 3 aromatic carbocycles. The number of benzene rings is 3. The molecule has 35 heavy (non-hydrogen) atoms. The van der Waals surface area contributed by atoms with Crippen molar-refractivity contribution < 1.29 is 23.0 Å². The fourth-order valence-corrected chi connectivity index (χ4v) is 4.55. The number of thiazole rings is 1. The Morgan fingerprint density at radius 3 is 2.17 bits per heavy atom. The van der Waals surface area contributed by atoms with Crippen molar-refractivity contribution in [1.82, 2.24) is 4.57 Å². The molecule has 0 amide bonds. The Morgan fingerprint density at radius 1 is 0.829 bits per heavy atom. The van der Waals surface area contributed by atoms with Crippen molar-refractivity contribution in [3.05, 3.63) is 88.0 Å². The lowest BCUT2D eigenvalue weighted by Crippen LogP contribution is -2.17. The molecule has 0 bridgehead atoms. The second-order valence-corrected chi connectivity index (χ2v) is 8.27. The largest absolute Gasteiger partial charge is 0.494 e. The fourth-order valence-electron chi connectivity index (χ4n) is 3.59. The van der Waals surface area contributed by atoms with E-state index in [1.54, 1.807) is 32.4 Å². The average Bonchev–Trinajstić information content (AvgIpc) is 3.26. The number of nitrogens with zero attached hydrogens (tertiary/aromatic N) is 2. The lowest BCUT2D eigenvalue weighted by Gasteiger charge is -2.12. The number of aromatic nitrogens is 1. The molecule has 1 aromatic heterocycles. The van der Waals surface area contributed by atoms with E-state index in [1.807, 2.05) is 34.2 Å². The SMILES string of the molecule is Br.COc1ccc(-c2csc(=Nc3ccc(F)cc3)n2CCc2ccc(OC)c(OC)c2)cc1F. The molecular formula is C26H25BrF2N2O3S. The van der Waals surface area contributed by atoms with Gasteiger partial charge in [0.15, 0.2) is 27.9 Å². The second kappa shape index (κ2) is 12.0. The van der Waals surface area contributed by atoms with Crippen molar-refractivity contribution in [2.75, 3.05) is 21.3 Å². The summed E-state index contributed by atoms with van der Waals surface area (Å²) in [4.78, 5) is 5.43. The van der Waals surface area contributed by atoms with Gasteiger partial charge in [-0.15, -0.1) is 28.3 Å². The Hall–Kier alpha value is -3.17. The number of ether oxygens (including phenoxy) is 3. The molecule has 1 heterocycles. The molecule has 9 heteroatoms.